The first-order valence-electron chi connectivity index (χ1n) is 7.15. The lowest BCUT2D eigenvalue weighted by Crippen LogP contribution is -2.50. The van der Waals surface area contributed by atoms with E-state index in [-0.39, 0.29) is 18.2 Å². The van der Waals surface area contributed by atoms with Crippen LogP contribution in [-0.2, 0) is 14.4 Å². The maximum Gasteiger partial charge on any atom is 0.233 e. The van der Waals surface area contributed by atoms with Gasteiger partial charge in [-0.25, -0.2) is 0 Å². The molecule has 0 unspecified atom stereocenters. The fraction of sp³-hybridized carbons (Fsp3) is 0.400. The summed E-state index contributed by atoms with van der Waals surface area (Å²) in [5.74, 6) is -0.712. The SMILES string of the molecule is CC(=O)N1CCN(C(=O)CC(=O)Nc2ccc(Cl)cc2Cl)CC1. The van der Waals surface area contributed by atoms with E-state index in [1.165, 1.54) is 13.0 Å². The van der Waals surface area contributed by atoms with E-state index < -0.39 is 5.91 Å². The molecule has 6 nitrogen and oxygen atoms in total. The number of hydrogen-bond acceptors (Lipinski definition) is 3. The Bertz CT molecular complexity index is 628. The zero-order chi connectivity index (χ0) is 17.0. The van der Waals surface area contributed by atoms with Crippen molar-refractivity contribution >= 4 is 46.6 Å². The third-order valence-corrected chi connectivity index (χ3v) is 4.14. The smallest absolute Gasteiger partial charge is 0.233 e. The minimum Gasteiger partial charge on any atom is -0.339 e. The Morgan fingerprint density at radius 1 is 1.09 bits per heavy atom. The number of carbonyl (C=O) groups is 3. The first kappa shape index (κ1) is 17.6. The molecular weight excluding hydrogens is 341 g/mol. The van der Waals surface area contributed by atoms with Crippen molar-refractivity contribution in [3.05, 3.63) is 28.2 Å². The summed E-state index contributed by atoms with van der Waals surface area (Å²) in [4.78, 5) is 38.6. The maximum absolute atomic E-state index is 12.1. The zero-order valence-corrected chi connectivity index (χ0v) is 14.2. The fourth-order valence-electron chi connectivity index (χ4n) is 2.31. The van der Waals surface area contributed by atoms with Gasteiger partial charge >= 0.3 is 0 Å². The van der Waals surface area contributed by atoms with Gasteiger partial charge in [0.2, 0.25) is 17.7 Å². The molecule has 1 aliphatic rings. The van der Waals surface area contributed by atoms with Crippen molar-refractivity contribution in [2.45, 2.75) is 13.3 Å². The van der Waals surface area contributed by atoms with Crippen molar-refractivity contribution in [1.29, 1.82) is 0 Å². The molecule has 0 radical (unpaired) electrons. The van der Waals surface area contributed by atoms with Gasteiger partial charge in [0.15, 0.2) is 0 Å². The molecule has 0 saturated carbocycles. The molecule has 0 spiro atoms. The van der Waals surface area contributed by atoms with E-state index in [2.05, 4.69) is 5.32 Å². The largest absolute Gasteiger partial charge is 0.339 e. The third kappa shape index (κ3) is 4.84. The normalized spacial score (nSPS) is 14.6. The zero-order valence-electron chi connectivity index (χ0n) is 12.6. The number of amides is 3. The van der Waals surface area contributed by atoms with Crippen LogP contribution in [0.3, 0.4) is 0 Å². The van der Waals surface area contributed by atoms with Gasteiger partial charge in [-0.2, -0.15) is 0 Å². The van der Waals surface area contributed by atoms with E-state index in [9.17, 15) is 14.4 Å². The quantitative estimate of drug-likeness (QED) is 0.841. The highest BCUT2D eigenvalue weighted by Gasteiger charge is 2.23. The molecule has 1 heterocycles. The van der Waals surface area contributed by atoms with Crippen LogP contribution < -0.4 is 5.32 Å². The molecule has 1 N–H and O–H groups in total. The lowest BCUT2D eigenvalue weighted by molar-refractivity contribution is -0.140. The summed E-state index contributed by atoms with van der Waals surface area (Å²) in [6.07, 6.45) is -0.265. The predicted octanol–water partition coefficient (Wildman–Crippen LogP) is 2.01. The summed E-state index contributed by atoms with van der Waals surface area (Å²) in [5, 5.41) is 3.37. The van der Waals surface area contributed by atoms with Gasteiger partial charge in [-0.05, 0) is 18.2 Å². The average Bonchev–Trinajstić information content (AvgIpc) is 2.50. The van der Waals surface area contributed by atoms with E-state index in [1.54, 1.807) is 21.9 Å². The Morgan fingerprint density at radius 3 is 2.26 bits per heavy atom. The van der Waals surface area contributed by atoms with Crippen LogP contribution in [0.4, 0.5) is 5.69 Å². The van der Waals surface area contributed by atoms with E-state index in [4.69, 9.17) is 23.2 Å². The topological polar surface area (TPSA) is 69.7 Å². The molecule has 0 atom stereocenters. The number of nitrogens with one attached hydrogen (secondary N) is 1. The molecule has 0 bridgehead atoms. The second-order valence-corrected chi connectivity index (χ2v) is 6.08. The van der Waals surface area contributed by atoms with Crippen LogP contribution in [0, 0.1) is 0 Å². The second-order valence-electron chi connectivity index (χ2n) is 5.24. The van der Waals surface area contributed by atoms with Crippen LogP contribution in [0.2, 0.25) is 10.0 Å². The van der Waals surface area contributed by atoms with E-state index in [0.29, 0.717) is 41.9 Å². The Kier molecular flexibility index (Phi) is 5.85. The molecule has 0 aromatic heterocycles. The van der Waals surface area contributed by atoms with Crippen molar-refractivity contribution < 1.29 is 14.4 Å². The summed E-state index contributed by atoms with van der Waals surface area (Å²) < 4.78 is 0. The minimum absolute atomic E-state index is 0.00720. The van der Waals surface area contributed by atoms with Gasteiger partial charge in [-0.3, -0.25) is 14.4 Å². The lowest BCUT2D eigenvalue weighted by atomic mass is 10.2. The molecule has 0 aliphatic carbocycles. The molecule has 23 heavy (non-hydrogen) atoms. The van der Waals surface area contributed by atoms with Gasteiger partial charge in [0, 0.05) is 38.1 Å². The van der Waals surface area contributed by atoms with Gasteiger partial charge in [0.1, 0.15) is 6.42 Å². The second kappa shape index (κ2) is 7.66. The maximum atomic E-state index is 12.1. The number of piperazine rings is 1. The molecule has 1 aromatic rings. The number of halogens is 2. The Balaban J connectivity index is 1.85. The summed E-state index contributed by atoms with van der Waals surface area (Å²) in [5.41, 5.74) is 0.412. The van der Waals surface area contributed by atoms with Gasteiger partial charge in [-0.15, -0.1) is 0 Å². The summed E-state index contributed by atoms with van der Waals surface area (Å²) in [7, 11) is 0. The van der Waals surface area contributed by atoms with Gasteiger partial charge < -0.3 is 15.1 Å². The van der Waals surface area contributed by atoms with Crippen LogP contribution in [0.1, 0.15) is 13.3 Å². The first-order chi connectivity index (χ1) is 10.9. The van der Waals surface area contributed by atoms with Gasteiger partial charge in [-0.1, -0.05) is 23.2 Å². The average molecular weight is 358 g/mol. The molecule has 1 fully saturated rings. The van der Waals surface area contributed by atoms with Crippen LogP contribution in [0.15, 0.2) is 18.2 Å². The molecular formula is C15H17Cl2N3O3. The number of nitrogens with zero attached hydrogens (tertiary/aromatic N) is 2. The summed E-state index contributed by atoms with van der Waals surface area (Å²) in [6, 6.07) is 4.70. The third-order valence-electron chi connectivity index (χ3n) is 3.59. The molecule has 8 heteroatoms. The Labute approximate surface area is 144 Å². The monoisotopic (exact) mass is 357 g/mol. The fourth-order valence-corrected chi connectivity index (χ4v) is 2.76. The highest BCUT2D eigenvalue weighted by molar-refractivity contribution is 6.36. The summed E-state index contributed by atoms with van der Waals surface area (Å²) in [6.45, 7) is 3.36. The lowest BCUT2D eigenvalue weighted by Gasteiger charge is -2.34. The number of anilines is 1. The standard InChI is InChI=1S/C15H17Cl2N3O3/c1-10(21)19-4-6-20(7-5-19)15(23)9-14(22)18-13-3-2-11(16)8-12(13)17/h2-3,8H,4-7,9H2,1H3,(H,18,22). The first-order valence-corrected chi connectivity index (χ1v) is 7.90. The van der Waals surface area contributed by atoms with Gasteiger partial charge in [0.05, 0.1) is 10.7 Å². The number of benzene rings is 1. The molecule has 1 aromatic carbocycles. The number of carbonyl (C=O) groups excluding carboxylic acids is 3. The van der Waals surface area contributed by atoms with Crippen LogP contribution in [0.25, 0.3) is 0 Å². The van der Waals surface area contributed by atoms with Crippen LogP contribution in [0.5, 0.6) is 0 Å². The molecule has 1 aliphatic heterocycles. The Morgan fingerprint density at radius 2 is 1.70 bits per heavy atom. The molecule has 124 valence electrons. The van der Waals surface area contributed by atoms with Crippen LogP contribution >= 0.6 is 23.2 Å². The molecule has 1 saturated heterocycles. The predicted molar refractivity (Wildman–Crippen MR) is 88.5 cm³/mol. The van der Waals surface area contributed by atoms with Crippen molar-refractivity contribution in [1.82, 2.24) is 9.80 Å². The van der Waals surface area contributed by atoms with Crippen molar-refractivity contribution in [2.75, 3.05) is 31.5 Å². The number of rotatable bonds is 3. The molecule has 2 rings (SSSR count). The van der Waals surface area contributed by atoms with Crippen molar-refractivity contribution in [3.63, 3.8) is 0 Å². The summed E-state index contributed by atoms with van der Waals surface area (Å²) >= 11 is 11.8. The Hall–Kier alpha value is -1.79. The minimum atomic E-state index is -0.437. The van der Waals surface area contributed by atoms with Gasteiger partial charge in [0.25, 0.3) is 0 Å². The highest BCUT2D eigenvalue weighted by Crippen LogP contribution is 2.25. The van der Waals surface area contributed by atoms with Crippen molar-refractivity contribution in [3.8, 4) is 0 Å². The van der Waals surface area contributed by atoms with Crippen molar-refractivity contribution in [2.24, 2.45) is 0 Å². The van der Waals surface area contributed by atoms with E-state index in [0.717, 1.165) is 0 Å². The number of hydrogen-bond donors (Lipinski definition) is 1. The molecule has 3 amide bonds. The van der Waals surface area contributed by atoms with E-state index >= 15 is 0 Å². The van der Waals surface area contributed by atoms with Crippen LogP contribution in [-0.4, -0.2) is 53.7 Å². The highest BCUT2D eigenvalue weighted by atomic mass is 35.5. The van der Waals surface area contributed by atoms with E-state index in [1.807, 2.05) is 0 Å².